The second kappa shape index (κ2) is 4.84. The molecule has 0 spiro atoms. The van der Waals surface area contributed by atoms with Crippen molar-refractivity contribution in [2.75, 3.05) is 18.6 Å². The molecule has 90 valence electrons. The van der Waals surface area contributed by atoms with E-state index in [4.69, 9.17) is 5.73 Å². The highest BCUT2D eigenvalue weighted by Crippen LogP contribution is 2.19. The maximum Gasteiger partial charge on any atom is 0.180 e. The largest absolute Gasteiger partial charge is 0.362 e. The number of hydrogen-bond acceptors (Lipinski definition) is 4. The van der Waals surface area contributed by atoms with Crippen molar-refractivity contribution in [2.24, 2.45) is 5.73 Å². The molecular formula is C11H18N2O2S. The molecule has 5 heteroatoms. The van der Waals surface area contributed by atoms with Crippen LogP contribution in [0.2, 0.25) is 0 Å². The zero-order chi connectivity index (χ0) is 12.3. The summed E-state index contributed by atoms with van der Waals surface area (Å²) in [6.07, 6.45) is 0. The summed E-state index contributed by atoms with van der Waals surface area (Å²) in [6.45, 7) is 3.75. The smallest absolute Gasteiger partial charge is 0.180 e. The first-order valence-electron chi connectivity index (χ1n) is 5.14. The Kier molecular flexibility index (Phi) is 3.93. The summed E-state index contributed by atoms with van der Waals surface area (Å²) in [7, 11) is -1.32. The van der Waals surface area contributed by atoms with Crippen molar-refractivity contribution in [1.82, 2.24) is 0 Å². The maximum absolute atomic E-state index is 11.8. The molecule has 1 rings (SSSR count). The van der Waals surface area contributed by atoms with E-state index in [1.54, 1.807) is 38.1 Å². The number of anilines is 1. The van der Waals surface area contributed by atoms with Crippen LogP contribution in [0.4, 0.5) is 5.69 Å². The predicted octanol–water partition coefficient (Wildman–Crippen LogP) is 1.22. The fourth-order valence-electron chi connectivity index (χ4n) is 1.27. The lowest BCUT2D eigenvalue weighted by Gasteiger charge is -2.17. The van der Waals surface area contributed by atoms with Gasteiger partial charge in [-0.15, -0.1) is 0 Å². The van der Waals surface area contributed by atoms with Crippen molar-refractivity contribution in [1.29, 1.82) is 0 Å². The molecule has 0 aliphatic rings. The van der Waals surface area contributed by atoms with E-state index in [1.807, 2.05) is 11.9 Å². The maximum atomic E-state index is 11.8. The predicted molar refractivity (Wildman–Crippen MR) is 66.2 cm³/mol. The lowest BCUT2D eigenvalue weighted by molar-refractivity contribution is 0.587. The topological polar surface area (TPSA) is 63.4 Å². The van der Waals surface area contributed by atoms with Gasteiger partial charge < -0.3 is 10.6 Å². The third kappa shape index (κ3) is 2.54. The molecule has 4 nitrogen and oxygen atoms in total. The van der Waals surface area contributed by atoms with E-state index in [-0.39, 0.29) is 0 Å². The van der Waals surface area contributed by atoms with Gasteiger partial charge in [-0.2, -0.15) is 0 Å². The summed E-state index contributed by atoms with van der Waals surface area (Å²) in [5.41, 5.74) is 6.39. The van der Waals surface area contributed by atoms with Crippen LogP contribution in [0, 0.1) is 0 Å². The molecule has 0 heterocycles. The molecule has 0 aliphatic heterocycles. The van der Waals surface area contributed by atoms with E-state index in [0.29, 0.717) is 11.6 Å². The van der Waals surface area contributed by atoms with Gasteiger partial charge in [0, 0.05) is 12.7 Å². The standard InChI is InChI=1S/C11H18N2O2S/c1-9(2)16(14,15)11-6-4-10(5-7-11)13(3)8-12/h4-7,9H,8,12H2,1-3H3. The molecule has 0 fully saturated rings. The van der Waals surface area contributed by atoms with Crippen molar-refractivity contribution < 1.29 is 8.42 Å². The summed E-state index contributed by atoms with van der Waals surface area (Å²) in [5, 5.41) is -0.398. The van der Waals surface area contributed by atoms with Crippen molar-refractivity contribution in [3.05, 3.63) is 24.3 Å². The molecule has 0 aliphatic carbocycles. The molecule has 0 bridgehead atoms. The molecule has 0 saturated heterocycles. The molecule has 1 aromatic carbocycles. The zero-order valence-corrected chi connectivity index (χ0v) is 10.7. The van der Waals surface area contributed by atoms with Crippen molar-refractivity contribution >= 4 is 15.5 Å². The number of nitrogens with two attached hydrogens (primary N) is 1. The minimum atomic E-state index is -3.18. The van der Waals surface area contributed by atoms with E-state index in [9.17, 15) is 8.42 Å². The Morgan fingerprint density at radius 2 is 1.75 bits per heavy atom. The Bertz CT molecular complexity index is 438. The van der Waals surface area contributed by atoms with Crippen LogP contribution in [-0.4, -0.2) is 27.4 Å². The second-order valence-corrected chi connectivity index (χ2v) is 6.47. The van der Waals surface area contributed by atoms with E-state index < -0.39 is 15.1 Å². The highest BCUT2D eigenvalue weighted by molar-refractivity contribution is 7.92. The van der Waals surface area contributed by atoms with Crippen LogP contribution >= 0.6 is 0 Å². The Morgan fingerprint density at radius 3 is 2.12 bits per heavy atom. The fraction of sp³-hybridized carbons (Fsp3) is 0.455. The van der Waals surface area contributed by atoms with Crippen LogP contribution < -0.4 is 10.6 Å². The molecule has 1 aromatic rings. The number of benzene rings is 1. The van der Waals surface area contributed by atoms with Gasteiger partial charge in [0.15, 0.2) is 9.84 Å². The first-order valence-corrected chi connectivity index (χ1v) is 6.69. The fourth-order valence-corrected chi connectivity index (χ4v) is 2.33. The quantitative estimate of drug-likeness (QED) is 0.806. The van der Waals surface area contributed by atoms with Crippen LogP contribution in [0.3, 0.4) is 0 Å². The summed E-state index contributed by atoms with van der Waals surface area (Å²) in [5.74, 6) is 0. The lowest BCUT2D eigenvalue weighted by Crippen LogP contribution is -2.25. The summed E-state index contributed by atoms with van der Waals surface area (Å²) >= 11 is 0. The van der Waals surface area contributed by atoms with E-state index in [1.165, 1.54) is 0 Å². The second-order valence-electron chi connectivity index (χ2n) is 3.97. The molecule has 0 radical (unpaired) electrons. The summed E-state index contributed by atoms with van der Waals surface area (Å²) in [6, 6.07) is 6.78. The van der Waals surface area contributed by atoms with Gasteiger partial charge in [0.05, 0.1) is 16.8 Å². The number of hydrogen-bond donors (Lipinski definition) is 1. The molecule has 0 unspecified atom stereocenters. The Hall–Kier alpha value is -1.07. The van der Waals surface area contributed by atoms with E-state index in [0.717, 1.165) is 5.69 Å². The zero-order valence-electron chi connectivity index (χ0n) is 9.84. The van der Waals surface area contributed by atoms with Crippen LogP contribution in [0.1, 0.15) is 13.8 Å². The Balaban J connectivity index is 3.05. The number of sulfone groups is 1. The molecule has 0 atom stereocenters. The van der Waals surface area contributed by atoms with Crippen molar-refractivity contribution in [2.45, 2.75) is 24.0 Å². The van der Waals surface area contributed by atoms with Gasteiger partial charge in [-0.25, -0.2) is 8.42 Å². The van der Waals surface area contributed by atoms with Crippen LogP contribution in [0.25, 0.3) is 0 Å². The first-order chi connectivity index (χ1) is 7.39. The highest BCUT2D eigenvalue weighted by atomic mass is 32.2. The van der Waals surface area contributed by atoms with E-state index >= 15 is 0 Å². The number of nitrogens with zero attached hydrogens (tertiary/aromatic N) is 1. The Morgan fingerprint density at radius 1 is 1.25 bits per heavy atom. The van der Waals surface area contributed by atoms with E-state index in [2.05, 4.69) is 0 Å². The molecule has 16 heavy (non-hydrogen) atoms. The highest BCUT2D eigenvalue weighted by Gasteiger charge is 2.18. The van der Waals surface area contributed by atoms with Gasteiger partial charge in [-0.3, -0.25) is 0 Å². The van der Waals surface area contributed by atoms with Gasteiger partial charge in [0.2, 0.25) is 0 Å². The minimum absolute atomic E-state index is 0.358. The molecule has 0 amide bonds. The lowest BCUT2D eigenvalue weighted by atomic mass is 10.3. The first kappa shape index (κ1) is 13.0. The number of rotatable bonds is 4. The molecule has 0 saturated carbocycles. The van der Waals surface area contributed by atoms with Gasteiger partial charge in [0.25, 0.3) is 0 Å². The average Bonchev–Trinajstić information content (AvgIpc) is 2.28. The molecule has 0 aromatic heterocycles. The van der Waals surface area contributed by atoms with Gasteiger partial charge >= 0.3 is 0 Å². The summed E-state index contributed by atoms with van der Waals surface area (Å²) < 4.78 is 23.7. The van der Waals surface area contributed by atoms with Gasteiger partial charge in [-0.05, 0) is 38.1 Å². The van der Waals surface area contributed by atoms with Crippen molar-refractivity contribution in [3.63, 3.8) is 0 Å². The van der Waals surface area contributed by atoms with Crippen molar-refractivity contribution in [3.8, 4) is 0 Å². The SMILES string of the molecule is CC(C)S(=O)(=O)c1ccc(N(C)CN)cc1. The third-order valence-electron chi connectivity index (χ3n) is 2.50. The summed E-state index contributed by atoms with van der Waals surface area (Å²) in [4.78, 5) is 2.20. The monoisotopic (exact) mass is 242 g/mol. The minimum Gasteiger partial charge on any atom is -0.362 e. The molecular weight excluding hydrogens is 224 g/mol. The van der Waals surface area contributed by atoms with Crippen LogP contribution in [-0.2, 0) is 9.84 Å². The molecule has 2 N–H and O–H groups in total. The van der Waals surface area contributed by atoms with Gasteiger partial charge in [0.1, 0.15) is 0 Å². The van der Waals surface area contributed by atoms with Crippen LogP contribution in [0.15, 0.2) is 29.2 Å². The normalized spacial score (nSPS) is 11.8. The van der Waals surface area contributed by atoms with Crippen LogP contribution in [0.5, 0.6) is 0 Å². The van der Waals surface area contributed by atoms with Gasteiger partial charge in [-0.1, -0.05) is 0 Å². The average molecular weight is 242 g/mol. The third-order valence-corrected chi connectivity index (χ3v) is 4.67. The Labute approximate surface area is 97.0 Å².